The molecule has 3 rings (SSSR count). The Hall–Kier alpha value is 0.314. The maximum Gasteiger partial charge on any atom is 0.113 e. The number of unbranched alkanes of at least 4 members (excludes halogenated alkanes) is 1. The molecule has 7 heteroatoms. The van der Waals surface area contributed by atoms with Crippen molar-refractivity contribution >= 4 is 50.2 Å². The Balaban J connectivity index is 0.00000341. The summed E-state index contributed by atoms with van der Waals surface area (Å²) in [6.07, 6.45) is 4.81. The fraction of sp³-hybridized carbons (Fsp3) is 0.542. The zero-order valence-electron chi connectivity index (χ0n) is 18.7. The molecule has 1 fully saturated rings. The first kappa shape index (κ1) is 27.6. The molecule has 31 heavy (non-hydrogen) atoms. The van der Waals surface area contributed by atoms with E-state index in [9.17, 15) is 5.11 Å². The number of aliphatic hydroxyl groups excluding tert-OH is 1. The summed E-state index contributed by atoms with van der Waals surface area (Å²) in [4.78, 5) is 2.48. The van der Waals surface area contributed by atoms with Crippen LogP contribution in [-0.2, 0) is 44.5 Å². The third kappa shape index (κ3) is 6.91. The van der Waals surface area contributed by atoms with Crippen molar-refractivity contribution in [2.24, 2.45) is 0 Å². The van der Waals surface area contributed by atoms with Crippen LogP contribution in [0.15, 0.2) is 36.4 Å². The Kier molecular flexibility index (Phi) is 11.3. The molecule has 0 spiro atoms. The van der Waals surface area contributed by atoms with Crippen LogP contribution in [0.3, 0.4) is 0 Å². The van der Waals surface area contributed by atoms with Crippen molar-refractivity contribution in [1.29, 1.82) is 0 Å². The molecular weight excluding hydrogens is 565 g/mol. The van der Waals surface area contributed by atoms with Gasteiger partial charge in [0.05, 0.1) is 16.6 Å². The van der Waals surface area contributed by atoms with Crippen LogP contribution in [-0.4, -0.2) is 39.1 Å². The second-order valence-corrected chi connectivity index (χ2v) is 11.1. The molecule has 0 aliphatic carbocycles. The van der Waals surface area contributed by atoms with Gasteiger partial charge in [0, 0.05) is 51.2 Å². The minimum atomic E-state index is -0.339. The number of halogens is 1. The largest absolute Gasteiger partial charge is 0.392 e. The van der Waals surface area contributed by atoms with Gasteiger partial charge in [0.25, 0.3) is 0 Å². The number of aryl methyl sites for hydroxylation is 1. The fourth-order valence-corrected chi connectivity index (χ4v) is 5.42. The van der Waals surface area contributed by atoms with Crippen molar-refractivity contribution in [3.8, 4) is 0 Å². The van der Waals surface area contributed by atoms with Crippen LogP contribution in [0.5, 0.6) is 0 Å². The Morgan fingerprint density at radius 1 is 1.26 bits per heavy atom. The van der Waals surface area contributed by atoms with Crippen LogP contribution in [0, 0.1) is 5.38 Å². The molecule has 2 aromatic rings. The molecule has 2 unspecified atom stereocenters. The normalized spacial score (nSPS) is 18.3. The molecule has 1 aromatic heterocycles. The van der Waals surface area contributed by atoms with Gasteiger partial charge in [0.15, 0.2) is 0 Å². The summed E-state index contributed by atoms with van der Waals surface area (Å²) in [7, 11) is 0. The third-order valence-corrected chi connectivity index (χ3v) is 8.36. The predicted molar refractivity (Wildman–Crippen MR) is 136 cm³/mol. The Morgan fingerprint density at radius 3 is 2.58 bits per heavy atom. The number of aliphatic hydroxyl groups is 1. The smallest absolute Gasteiger partial charge is 0.113 e. The maximum atomic E-state index is 10.7. The van der Waals surface area contributed by atoms with E-state index in [1.807, 2.05) is 6.07 Å². The monoisotopic (exact) mass is 596 g/mol. The van der Waals surface area contributed by atoms with Crippen LogP contribution in [0.4, 0.5) is 5.69 Å². The third-order valence-electron chi connectivity index (χ3n) is 6.02. The van der Waals surface area contributed by atoms with Crippen molar-refractivity contribution in [1.82, 2.24) is 5.01 Å². The fourth-order valence-electron chi connectivity index (χ4n) is 3.92. The van der Waals surface area contributed by atoms with Gasteiger partial charge in [-0.1, -0.05) is 80.3 Å². The molecule has 1 aliphatic heterocycles. The number of hydrogen-bond acceptors (Lipinski definition) is 4. The molecule has 2 atom stereocenters. The number of thiophene rings is 1. The first-order valence-corrected chi connectivity index (χ1v) is 12.9. The molecule has 1 aliphatic rings. The van der Waals surface area contributed by atoms with Crippen LogP contribution >= 0.6 is 39.5 Å². The van der Waals surface area contributed by atoms with E-state index in [-0.39, 0.29) is 49.1 Å². The van der Waals surface area contributed by atoms with Crippen molar-refractivity contribution in [2.75, 3.05) is 18.1 Å². The molecule has 167 valence electrons. The van der Waals surface area contributed by atoms with E-state index in [4.69, 9.17) is 12.2 Å². The number of rotatable bonds is 10. The van der Waals surface area contributed by atoms with Crippen molar-refractivity contribution in [3.05, 3.63) is 52.2 Å². The number of thiocarbonyl (C=S) groups is 1. The molecule has 1 N–H and O–H groups in total. The number of hydrogen-bond donors (Lipinski definition) is 1. The van der Waals surface area contributed by atoms with E-state index in [1.54, 1.807) is 11.3 Å². The quantitative estimate of drug-likeness (QED) is 0.203. The Morgan fingerprint density at radius 2 is 1.97 bits per heavy atom. The topological polar surface area (TPSA) is 26.7 Å². The average molecular weight is 597 g/mol. The van der Waals surface area contributed by atoms with E-state index in [1.165, 1.54) is 4.88 Å². The van der Waals surface area contributed by atoms with Gasteiger partial charge in [-0.15, -0.1) is 10.3 Å². The van der Waals surface area contributed by atoms with Gasteiger partial charge in [-0.05, 0) is 30.5 Å². The van der Waals surface area contributed by atoms with E-state index in [0.717, 1.165) is 61.4 Å². The van der Waals surface area contributed by atoms with Crippen LogP contribution in [0.25, 0.3) is 0 Å². The summed E-state index contributed by atoms with van der Waals surface area (Å²) in [6, 6.07) is 12.7. The molecular formula is C24H32BrN2OS2Y-. The van der Waals surface area contributed by atoms with E-state index in [0.29, 0.717) is 0 Å². The van der Waals surface area contributed by atoms with Gasteiger partial charge in [-0.2, -0.15) is 6.07 Å². The molecule has 0 bridgehead atoms. The number of nitrogens with zero attached hydrogens (tertiary/aromatic N) is 2. The van der Waals surface area contributed by atoms with Crippen LogP contribution < -0.4 is 5.01 Å². The number of alkyl halides is 1. The molecule has 1 aromatic carbocycles. The zero-order valence-corrected chi connectivity index (χ0v) is 24.7. The van der Waals surface area contributed by atoms with Gasteiger partial charge in [-0.3, -0.25) is 5.01 Å². The summed E-state index contributed by atoms with van der Waals surface area (Å²) < 4.78 is 0. The van der Waals surface area contributed by atoms with E-state index >= 15 is 0 Å². The SMILES string of the molecule is CCCCC(O)C(C)(C)c1ccc(N2C(=S)C(Br)CN2CCCc2cc[c-]s2)cc1.[Y]. The van der Waals surface area contributed by atoms with Crippen LogP contribution in [0.2, 0.25) is 0 Å². The van der Waals surface area contributed by atoms with E-state index < -0.39 is 0 Å². The molecule has 0 saturated carbocycles. The summed E-state index contributed by atoms with van der Waals surface area (Å²) >= 11 is 11.2. The van der Waals surface area contributed by atoms with Crippen molar-refractivity contribution in [3.63, 3.8) is 0 Å². The number of benzene rings is 1. The van der Waals surface area contributed by atoms with Crippen LogP contribution in [0.1, 0.15) is 56.9 Å². The molecule has 0 amide bonds. The van der Waals surface area contributed by atoms with Crippen molar-refractivity contribution < 1.29 is 37.8 Å². The second kappa shape index (κ2) is 12.7. The zero-order chi connectivity index (χ0) is 21.7. The van der Waals surface area contributed by atoms with Gasteiger partial charge < -0.3 is 16.4 Å². The second-order valence-electron chi connectivity index (χ2n) is 8.58. The molecule has 2 heterocycles. The first-order valence-electron chi connectivity index (χ1n) is 10.8. The molecule has 1 radical (unpaired) electrons. The minimum Gasteiger partial charge on any atom is -0.392 e. The number of hydrazine groups is 1. The van der Waals surface area contributed by atoms with Gasteiger partial charge >= 0.3 is 0 Å². The summed E-state index contributed by atoms with van der Waals surface area (Å²) in [5.41, 5.74) is 1.99. The summed E-state index contributed by atoms with van der Waals surface area (Å²) in [5, 5.41) is 18.4. The van der Waals surface area contributed by atoms with Gasteiger partial charge in [0.1, 0.15) is 4.99 Å². The standard InChI is InChI=1S/C24H32BrN2OS2.Y/c1-4-5-10-22(28)24(2,3)18-11-13-19(14-12-18)27-23(29)21(25)17-26(27)15-6-8-20-9-7-16-30-20;/h7,9,11-14,21-22,28H,4-6,8,10,15,17H2,1-3H3;/q-1;. The minimum absolute atomic E-state index is 0. The molecule has 3 nitrogen and oxygen atoms in total. The predicted octanol–water partition coefficient (Wildman–Crippen LogP) is 6.14. The maximum absolute atomic E-state index is 10.7. The van der Waals surface area contributed by atoms with E-state index in [2.05, 4.69) is 82.4 Å². The summed E-state index contributed by atoms with van der Waals surface area (Å²) in [6.45, 7) is 8.27. The van der Waals surface area contributed by atoms with Gasteiger partial charge in [0.2, 0.25) is 0 Å². The van der Waals surface area contributed by atoms with Crippen molar-refractivity contribution in [2.45, 2.75) is 69.2 Å². The average Bonchev–Trinajstić information content (AvgIpc) is 3.34. The summed E-state index contributed by atoms with van der Waals surface area (Å²) in [5.74, 6) is 0. The Bertz CT molecular complexity index is 813. The number of anilines is 1. The molecule has 1 saturated heterocycles. The first-order chi connectivity index (χ1) is 14.3. The van der Waals surface area contributed by atoms with Gasteiger partial charge in [-0.25, -0.2) is 11.1 Å². The Labute approximate surface area is 230 Å².